The second kappa shape index (κ2) is 7.21. The third-order valence-electron chi connectivity index (χ3n) is 3.32. The monoisotopic (exact) mass is 372 g/mol. The largest absolute Gasteiger partial charge is 0.573 e. The Morgan fingerprint density at radius 1 is 1.11 bits per heavy atom. The molecule has 0 aliphatic heterocycles. The van der Waals surface area contributed by atoms with E-state index in [9.17, 15) is 18.0 Å². The van der Waals surface area contributed by atoms with Crippen LogP contribution in [0.1, 0.15) is 10.4 Å². The molecule has 0 saturated heterocycles. The zero-order valence-electron chi connectivity index (χ0n) is 13.5. The molecule has 3 aromatic rings. The van der Waals surface area contributed by atoms with Crippen molar-refractivity contribution in [2.45, 2.75) is 6.36 Å². The predicted molar refractivity (Wildman–Crippen MR) is 90.1 cm³/mol. The number of anilines is 2. The van der Waals surface area contributed by atoms with Crippen LogP contribution in [0.25, 0.3) is 11.3 Å². The Balaban J connectivity index is 1.78. The first-order valence-electron chi connectivity index (χ1n) is 7.49. The van der Waals surface area contributed by atoms with E-state index in [0.29, 0.717) is 28.3 Å². The topological polar surface area (TPSA) is 90.1 Å². The Labute approximate surface area is 151 Å². The molecule has 1 aromatic heterocycles. The number of hydrogen-bond donors (Lipinski definition) is 2. The highest BCUT2D eigenvalue weighted by Crippen LogP contribution is 2.24. The standard InChI is InChI=1S/C18H11F3N4O2/c19-18(20,21)27-14-6-4-13(5-7-14)25-16-9-15(23-10-24-16)11-2-1-3-12(8-11)17(22)26/h1-4,6,8-10H,(H2,22,26)(H,23,24,25). The van der Waals surface area contributed by atoms with Crippen LogP contribution >= 0.6 is 0 Å². The SMILES string of the molecule is NC(=O)c1cccc(-c2cc(Nc3c#cc(OC(F)(F)F)cc3)ncn2)c1. The number of nitrogens with one attached hydrogen (secondary N) is 1. The molecule has 1 heterocycles. The number of hydrogen-bond acceptors (Lipinski definition) is 5. The maximum absolute atomic E-state index is 12.2. The van der Waals surface area contributed by atoms with Crippen LogP contribution in [0.3, 0.4) is 0 Å². The Morgan fingerprint density at radius 2 is 1.93 bits per heavy atom. The van der Waals surface area contributed by atoms with Gasteiger partial charge in [-0.3, -0.25) is 4.79 Å². The van der Waals surface area contributed by atoms with Crippen molar-refractivity contribution in [1.82, 2.24) is 9.97 Å². The molecule has 6 nitrogen and oxygen atoms in total. The van der Waals surface area contributed by atoms with Gasteiger partial charge in [-0.05, 0) is 36.4 Å². The van der Waals surface area contributed by atoms with Crippen LogP contribution in [0.15, 0.2) is 48.8 Å². The number of amides is 1. The molecule has 2 aromatic carbocycles. The zero-order valence-corrected chi connectivity index (χ0v) is 13.5. The van der Waals surface area contributed by atoms with E-state index < -0.39 is 18.0 Å². The van der Waals surface area contributed by atoms with Gasteiger partial charge in [0.25, 0.3) is 0 Å². The summed E-state index contributed by atoms with van der Waals surface area (Å²) in [7, 11) is 0. The zero-order chi connectivity index (χ0) is 19.4. The number of benzene rings is 1. The number of aromatic nitrogens is 2. The molecule has 3 N–H and O–H groups in total. The number of ether oxygens (including phenoxy) is 1. The first-order valence-corrected chi connectivity index (χ1v) is 7.49. The van der Waals surface area contributed by atoms with Gasteiger partial charge in [-0.25, -0.2) is 9.97 Å². The first kappa shape index (κ1) is 18.0. The number of nitrogens with two attached hydrogens (primary N) is 1. The van der Waals surface area contributed by atoms with E-state index in [1.54, 1.807) is 30.3 Å². The normalized spacial score (nSPS) is 10.8. The lowest BCUT2D eigenvalue weighted by Gasteiger charge is -2.08. The summed E-state index contributed by atoms with van der Waals surface area (Å²) in [5, 5.41) is 2.88. The molecule has 136 valence electrons. The quantitative estimate of drug-likeness (QED) is 0.716. The fraction of sp³-hybridized carbons (Fsp3) is 0.0556. The molecule has 0 radical (unpaired) electrons. The van der Waals surface area contributed by atoms with Gasteiger partial charge in [0.2, 0.25) is 5.91 Å². The molecule has 0 spiro atoms. The lowest BCUT2D eigenvalue weighted by Crippen LogP contribution is -2.16. The number of nitrogens with zero attached hydrogens (tertiary/aromatic N) is 2. The summed E-state index contributed by atoms with van der Waals surface area (Å²) < 4.78 is 40.2. The highest BCUT2D eigenvalue weighted by atomic mass is 19.4. The second-order valence-electron chi connectivity index (χ2n) is 5.27. The predicted octanol–water partition coefficient (Wildman–Crippen LogP) is 3.49. The Hall–Kier alpha value is -3.80. The van der Waals surface area contributed by atoms with Gasteiger partial charge in [-0.15, -0.1) is 13.2 Å². The van der Waals surface area contributed by atoms with Gasteiger partial charge >= 0.3 is 6.36 Å². The van der Waals surface area contributed by atoms with Crippen molar-refractivity contribution in [3.8, 4) is 17.0 Å². The molecule has 0 bridgehead atoms. The summed E-state index contributed by atoms with van der Waals surface area (Å²) in [4.78, 5) is 19.5. The van der Waals surface area contributed by atoms with Gasteiger partial charge < -0.3 is 15.8 Å². The molecule has 9 heteroatoms. The van der Waals surface area contributed by atoms with E-state index in [1.807, 2.05) is 0 Å². The molecular formula is C18H11F3N4O2. The number of rotatable bonds is 5. The number of primary amides is 1. The molecule has 0 saturated carbocycles. The molecule has 27 heavy (non-hydrogen) atoms. The summed E-state index contributed by atoms with van der Waals surface area (Å²) in [6, 6.07) is 15.4. The lowest BCUT2D eigenvalue weighted by atomic mass is 10.1. The molecule has 0 aliphatic carbocycles. The number of halogens is 3. The summed E-state index contributed by atoms with van der Waals surface area (Å²) in [5.41, 5.74) is 7.12. The summed E-state index contributed by atoms with van der Waals surface area (Å²) >= 11 is 0. The van der Waals surface area contributed by atoms with Crippen LogP contribution in [-0.2, 0) is 0 Å². The van der Waals surface area contributed by atoms with E-state index in [1.165, 1.54) is 12.4 Å². The van der Waals surface area contributed by atoms with Crippen LogP contribution in [0.5, 0.6) is 5.75 Å². The van der Waals surface area contributed by atoms with E-state index in [0.717, 1.165) is 6.07 Å². The van der Waals surface area contributed by atoms with Gasteiger partial charge in [0.15, 0.2) is 5.75 Å². The van der Waals surface area contributed by atoms with E-state index in [-0.39, 0.29) is 0 Å². The summed E-state index contributed by atoms with van der Waals surface area (Å²) in [5.74, 6) is -0.686. The third-order valence-corrected chi connectivity index (χ3v) is 3.32. The summed E-state index contributed by atoms with van der Waals surface area (Å²) in [6.07, 6.45) is -3.49. The molecule has 1 amide bonds. The van der Waals surface area contributed by atoms with Crippen LogP contribution < -0.4 is 15.8 Å². The molecule has 0 aliphatic rings. The fourth-order valence-corrected chi connectivity index (χ4v) is 2.18. The lowest BCUT2D eigenvalue weighted by molar-refractivity contribution is -0.274. The molecule has 3 rings (SSSR count). The highest BCUT2D eigenvalue weighted by molar-refractivity contribution is 5.94. The third kappa shape index (κ3) is 4.85. The van der Waals surface area contributed by atoms with E-state index in [4.69, 9.17) is 5.73 Å². The maximum Gasteiger partial charge on any atom is 0.573 e. The Kier molecular flexibility index (Phi) is 4.81. The van der Waals surface area contributed by atoms with Crippen molar-refractivity contribution in [2.24, 2.45) is 5.73 Å². The second-order valence-corrected chi connectivity index (χ2v) is 5.27. The molecular weight excluding hydrogens is 361 g/mol. The molecule has 0 fully saturated rings. The van der Waals surface area contributed by atoms with E-state index >= 15 is 0 Å². The number of alkyl halides is 3. The first-order chi connectivity index (χ1) is 12.8. The van der Waals surface area contributed by atoms with Crippen molar-refractivity contribution in [3.63, 3.8) is 0 Å². The maximum atomic E-state index is 12.2. The number of carbonyl (C=O) groups excluding carboxylic acids is 1. The minimum absolute atomic E-state index is 0.333. The smallest absolute Gasteiger partial charge is 0.397 e. The van der Waals surface area contributed by atoms with Gasteiger partial charge in [-0.2, -0.15) is 0 Å². The van der Waals surface area contributed by atoms with Gasteiger partial charge in [-0.1, -0.05) is 12.1 Å². The van der Waals surface area contributed by atoms with Crippen molar-refractivity contribution in [3.05, 3.63) is 66.5 Å². The summed E-state index contributed by atoms with van der Waals surface area (Å²) in [6.45, 7) is 0. The van der Waals surface area contributed by atoms with Gasteiger partial charge in [0, 0.05) is 17.2 Å². The molecule has 0 atom stereocenters. The van der Waals surface area contributed by atoms with E-state index in [2.05, 4.69) is 32.2 Å². The minimum Gasteiger partial charge on any atom is -0.397 e. The van der Waals surface area contributed by atoms with Crippen LogP contribution in [-0.4, -0.2) is 22.2 Å². The van der Waals surface area contributed by atoms with Crippen molar-refractivity contribution < 1.29 is 22.7 Å². The van der Waals surface area contributed by atoms with Crippen LogP contribution in [0.2, 0.25) is 0 Å². The van der Waals surface area contributed by atoms with Crippen LogP contribution in [0.4, 0.5) is 24.7 Å². The number of carbonyl (C=O) groups is 1. The average molecular weight is 372 g/mol. The molecule has 0 unspecified atom stereocenters. The van der Waals surface area contributed by atoms with Crippen molar-refractivity contribution >= 4 is 17.4 Å². The van der Waals surface area contributed by atoms with Crippen LogP contribution in [0, 0.1) is 12.1 Å². The average Bonchev–Trinajstić information content (AvgIpc) is 2.62. The van der Waals surface area contributed by atoms with Gasteiger partial charge in [0.1, 0.15) is 12.1 Å². The van der Waals surface area contributed by atoms with Gasteiger partial charge in [0.05, 0.1) is 11.4 Å². The minimum atomic E-state index is -4.79. The Morgan fingerprint density at radius 3 is 2.59 bits per heavy atom. The Bertz CT molecular complexity index is 959. The van der Waals surface area contributed by atoms with Crippen molar-refractivity contribution in [2.75, 3.05) is 5.32 Å². The van der Waals surface area contributed by atoms with Crippen molar-refractivity contribution in [1.29, 1.82) is 0 Å². The highest BCUT2D eigenvalue weighted by Gasteiger charge is 2.31. The fourth-order valence-electron chi connectivity index (χ4n) is 2.18.